The van der Waals surface area contributed by atoms with Crippen LogP contribution >= 0.6 is 11.6 Å². The number of sulfone groups is 1. The van der Waals surface area contributed by atoms with Crippen LogP contribution in [0.1, 0.15) is 25.7 Å². The Kier molecular flexibility index (Phi) is 3.76. The summed E-state index contributed by atoms with van der Waals surface area (Å²) in [6.45, 7) is 0. The Morgan fingerprint density at radius 3 is 2.59 bits per heavy atom. The molecule has 1 N–H and O–H groups in total. The lowest BCUT2D eigenvalue weighted by Gasteiger charge is -2.25. The van der Waals surface area contributed by atoms with Gasteiger partial charge in [-0.3, -0.25) is 0 Å². The Hall–Kier alpha value is -0.580. The summed E-state index contributed by atoms with van der Waals surface area (Å²) in [6, 6.07) is 6.47. The molecule has 3 nitrogen and oxygen atoms in total. The highest BCUT2D eigenvalue weighted by Crippen LogP contribution is 2.31. The molecule has 0 radical (unpaired) electrons. The highest BCUT2D eigenvalue weighted by molar-refractivity contribution is 7.92. The average molecular weight is 275 g/mol. The first-order valence-electron chi connectivity index (χ1n) is 5.68. The third-order valence-electron chi connectivity index (χ3n) is 3.18. The zero-order valence-electron chi connectivity index (χ0n) is 9.34. The van der Waals surface area contributed by atoms with E-state index in [4.69, 9.17) is 11.6 Å². The lowest BCUT2D eigenvalue weighted by Crippen LogP contribution is -2.30. The number of aliphatic hydroxyl groups is 1. The predicted molar refractivity (Wildman–Crippen MR) is 66.9 cm³/mol. The van der Waals surface area contributed by atoms with Crippen LogP contribution in [0.25, 0.3) is 0 Å². The third kappa shape index (κ3) is 2.64. The first kappa shape index (κ1) is 12.9. The van der Waals surface area contributed by atoms with Crippen LogP contribution < -0.4 is 0 Å². The summed E-state index contributed by atoms with van der Waals surface area (Å²) in [4.78, 5) is 0.181. The molecule has 1 aliphatic carbocycles. The van der Waals surface area contributed by atoms with Crippen molar-refractivity contribution in [3.8, 4) is 0 Å². The molecule has 94 valence electrons. The highest BCUT2D eigenvalue weighted by atomic mass is 35.5. The van der Waals surface area contributed by atoms with E-state index in [0.29, 0.717) is 19.3 Å². The zero-order chi connectivity index (χ0) is 12.5. The van der Waals surface area contributed by atoms with E-state index < -0.39 is 21.2 Å². The molecule has 0 amide bonds. The Labute approximate surface area is 106 Å². The van der Waals surface area contributed by atoms with Crippen molar-refractivity contribution >= 4 is 21.4 Å². The van der Waals surface area contributed by atoms with E-state index in [2.05, 4.69) is 0 Å². The molecule has 2 unspecified atom stereocenters. The van der Waals surface area contributed by atoms with Crippen molar-refractivity contribution in [3.05, 3.63) is 29.3 Å². The molecule has 1 aromatic rings. The van der Waals surface area contributed by atoms with E-state index in [-0.39, 0.29) is 9.92 Å². The summed E-state index contributed by atoms with van der Waals surface area (Å²) in [6.07, 6.45) is 1.84. The summed E-state index contributed by atoms with van der Waals surface area (Å²) < 4.78 is 24.7. The van der Waals surface area contributed by atoms with Gasteiger partial charge in [0.05, 0.1) is 21.3 Å². The normalized spacial score (nSPS) is 25.8. The van der Waals surface area contributed by atoms with E-state index in [1.807, 2.05) is 0 Å². The van der Waals surface area contributed by atoms with Gasteiger partial charge in [0.1, 0.15) is 0 Å². The molecular formula is C12H15ClO3S. The standard InChI is InChI=1S/C12H15ClO3S/c13-11-6-1-2-7-12(11)17(15,16)10-5-3-4-9(14)8-10/h1-2,6-7,9-10,14H,3-5,8H2. The van der Waals surface area contributed by atoms with Crippen LogP contribution in [0, 0.1) is 0 Å². The van der Waals surface area contributed by atoms with Crippen molar-refractivity contribution in [1.29, 1.82) is 0 Å². The minimum atomic E-state index is -3.42. The number of rotatable bonds is 2. The maximum atomic E-state index is 12.4. The smallest absolute Gasteiger partial charge is 0.182 e. The van der Waals surface area contributed by atoms with E-state index in [1.165, 1.54) is 6.07 Å². The van der Waals surface area contributed by atoms with Crippen molar-refractivity contribution in [3.63, 3.8) is 0 Å². The fourth-order valence-corrected chi connectivity index (χ4v) is 4.64. The van der Waals surface area contributed by atoms with Gasteiger partial charge < -0.3 is 5.11 Å². The lowest BCUT2D eigenvalue weighted by molar-refractivity contribution is 0.131. The van der Waals surface area contributed by atoms with E-state index in [1.54, 1.807) is 18.2 Å². The molecule has 1 aliphatic rings. The van der Waals surface area contributed by atoms with Crippen molar-refractivity contribution in [2.24, 2.45) is 0 Å². The maximum absolute atomic E-state index is 12.4. The van der Waals surface area contributed by atoms with Crippen molar-refractivity contribution < 1.29 is 13.5 Å². The topological polar surface area (TPSA) is 54.4 Å². The number of halogens is 1. The Balaban J connectivity index is 2.33. The molecular weight excluding hydrogens is 260 g/mol. The summed E-state index contributed by atoms with van der Waals surface area (Å²) >= 11 is 5.92. The largest absolute Gasteiger partial charge is 0.393 e. The minimum absolute atomic E-state index is 0.181. The second-order valence-corrected chi connectivity index (χ2v) is 7.02. The van der Waals surface area contributed by atoms with Gasteiger partial charge in [0.15, 0.2) is 9.84 Å². The van der Waals surface area contributed by atoms with Crippen LogP contribution in [0.4, 0.5) is 0 Å². The molecule has 0 spiro atoms. The lowest BCUT2D eigenvalue weighted by atomic mass is 9.97. The minimum Gasteiger partial charge on any atom is -0.393 e. The number of hydrogen-bond donors (Lipinski definition) is 1. The Morgan fingerprint density at radius 1 is 1.24 bits per heavy atom. The molecule has 5 heteroatoms. The first-order valence-corrected chi connectivity index (χ1v) is 7.60. The number of benzene rings is 1. The molecule has 2 atom stereocenters. The molecule has 17 heavy (non-hydrogen) atoms. The van der Waals surface area contributed by atoms with Crippen LogP contribution in [0.5, 0.6) is 0 Å². The van der Waals surface area contributed by atoms with Crippen LogP contribution in [0.15, 0.2) is 29.2 Å². The molecule has 1 aromatic carbocycles. The fraction of sp³-hybridized carbons (Fsp3) is 0.500. The van der Waals surface area contributed by atoms with Crippen LogP contribution in [0.3, 0.4) is 0 Å². The zero-order valence-corrected chi connectivity index (χ0v) is 10.9. The van der Waals surface area contributed by atoms with Crippen molar-refractivity contribution in [1.82, 2.24) is 0 Å². The maximum Gasteiger partial charge on any atom is 0.182 e. The van der Waals surface area contributed by atoms with Gasteiger partial charge in [-0.2, -0.15) is 0 Å². The Morgan fingerprint density at radius 2 is 1.94 bits per heavy atom. The molecule has 0 aliphatic heterocycles. The predicted octanol–water partition coefficient (Wildman–Crippen LogP) is 2.42. The highest BCUT2D eigenvalue weighted by Gasteiger charge is 2.33. The first-order chi connectivity index (χ1) is 8.01. The number of hydrogen-bond acceptors (Lipinski definition) is 3. The van der Waals surface area contributed by atoms with Gasteiger partial charge in [-0.05, 0) is 37.8 Å². The SMILES string of the molecule is O=S(=O)(c1ccccc1Cl)C1CCCC(O)C1. The van der Waals surface area contributed by atoms with Gasteiger partial charge in [0, 0.05) is 0 Å². The van der Waals surface area contributed by atoms with Gasteiger partial charge in [-0.25, -0.2) is 8.42 Å². The molecule has 1 saturated carbocycles. The van der Waals surface area contributed by atoms with Crippen LogP contribution in [-0.4, -0.2) is 24.9 Å². The fourth-order valence-electron chi connectivity index (χ4n) is 2.26. The van der Waals surface area contributed by atoms with E-state index in [9.17, 15) is 13.5 Å². The van der Waals surface area contributed by atoms with E-state index in [0.717, 1.165) is 6.42 Å². The molecule has 0 bridgehead atoms. The molecule has 2 rings (SSSR count). The Bertz CT molecular complexity index is 498. The molecule has 1 fully saturated rings. The quantitative estimate of drug-likeness (QED) is 0.901. The monoisotopic (exact) mass is 274 g/mol. The summed E-state index contributed by atoms with van der Waals surface area (Å²) in [5.41, 5.74) is 0. The molecule has 0 aromatic heterocycles. The molecule has 0 saturated heterocycles. The summed E-state index contributed by atoms with van der Waals surface area (Å²) in [5, 5.41) is 9.31. The van der Waals surface area contributed by atoms with Gasteiger partial charge in [0.2, 0.25) is 0 Å². The second-order valence-electron chi connectivity index (χ2n) is 4.42. The second kappa shape index (κ2) is 4.96. The summed E-state index contributed by atoms with van der Waals surface area (Å²) in [5.74, 6) is 0. The molecule has 0 heterocycles. The van der Waals surface area contributed by atoms with Crippen molar-refractivity contribution in [2.45, 2.75) is 41.9 Å². The van der Waals surface area contributed by atoms with Gasteiger partial charge >= 0.3 is 0 Å². The third-order valence-corrected chi connectivity index (χ3v) is 5.90. The number of aliphatic hydroxyl groups excluding tert-OH is 1. The van der Waals surface area contributed by atoms with Gasteiger partial charge in [-0.15, -0.1) is 0 Å². The van der Waals surface area contributed by atoms with Crippen molar-refractivity contribution in [2.75, 3.05) is 0 Å². The summed E-state index contributed by atoms with van der Waals surface area (Å²) in [7, 11) is -3.42. The van der Waals surface area contributed by atoms with Crippen LogP contribution in [0.2, 0.25) is 5.02 Å². The van der Waals surface area contributed by atoms with Crippen LogP contribution in [-0.2, 0) is 9.84 Å². The van der Waals surface area contributed by atoms with Gasteiger partial charge in [0.25, 0.3) is 0 Å². The van der Waals surface area contributed by atoms with Gasteiger partial charge in [-0.1, -0.05) is 23.7 Å². The average Bonchev–Trinajstić information content (AvgIpc) is 2.29. The van der Waals surface area contributed by atoms with E-state index >= 15 is 0 Å².